The third kappa shape index (κ3) is 5.55. The van der Waals surface area contributed by atoms with Gasteiger partial charge in [-0.3, -0.25) is 9.59 Å². The van der Waals surface area contributed by atoms with Crippen LogP contribution in [-0.2, 0) is 16.1 Å². The molecular formula is C23H25ClN4O4S. The second-order valence-electron chi connectivity index (χ2n) is 8.10. The molecule has 0 aliphatic carbocycles. The second kappa shape index (κ2) is 10.6. The summed E-state index contributed by atoms with van der Waals surface area (Å²) in [4.78, 5) is 26.8. The molecule has 1 fully saturated rings. The first-order chi connectivity index (χ1) is 15.9. The highest BCUT2D eigenvalue weighted by molar-refractivity contribution is 7.98. The van der Waals surface area contributed by atoms with Gasteiger partial charge in [-0.1, -0.05) is 48.0 Å². The number of aliphatic hydroxyl groups is 2. The summed E-state index contributed by atoms with van der Waals surface area (Å²) in [5, 5.41) is 28.1. The van der Waals surface area contributed by atoms with Crippen molar-refractivity contribution in [2.45, 2.75) is 43.7 Å². The van der Waals surface area contributed by atoms with Gasteiger partial charge in [-0.25, -0.2) is 0 Å². The van der Waals surface area contributed by atoms with Crippen LogP contribution in [0.5, 0.6) is 0 Å². The van der Waals surface area contributed by atoms with Crippen LogP contribution in [0, 0.1) is 0 Å². The monoisotopic (exact) mass is 488 g/mol. The van der Waals surface area contributed by atoms with E-state index < -0.39 is 24.0 Å². The van der Waals surface area contributed by atoms with Gasteiger partial charge in [0.25, 0.3) is 11.8 Å². The number of hydrogen-bond acceptors (Lipinski definition) is 7. The molecule has 33 heavy (non-hydrogen) atoms. The molecule has 0 spiro atoms. The summed E-state index contributed by atoms with van der Waals surface area (Å²) < 4.78 is 3.92. The van der Waals surface area contributed by atoms with Crippen LogP contribution in [0.1, 0.15) is 41.6 Å². The highest BCUT2D eigenvalue weighted by Crippen LogP contribution is 2.34. The third-order valence-corrected chi connectivity index (χ3v) is 6.81. The molecule has 2 aromatic rings. The number of amides is 2. The number of carbonyl (C=O) groups is 2. The lowest BCUT2D eigenvalue weighted by Crippen LogP contribution is -2.50. The van der Waals surface area contributed by atoms with Crippen LogP contribution in [0.25, 0.3) is 0 Å². The van der Waals surface area contributed by atoms with Gasteiger partial charge in [-0.05, 0) is 53.6 Å². The molecule has 4 rings (SSSR count). The number of aliphatic hydroxyl groups excluding tert-OH is 2. The summed E-state index contributed by atoms with van der Waals surface area (Å²) in [7, 11) is 0. The van der Waals surface area contributed by atoms with Gasteiger partial charge in [-0.2, -0.15) is 5.11 Å². The minimum absolute atomic E-state index is 0.0444. The maximum absolute atomic E-state index is 12.9. The minimum atomic E-state index is -1.87. The molecule has 2 amide bonds. The van der Waals surface area contributed by atoms with Crippen LogP contribution in [0.4, 0.5) is 0 Å². The van der Waals surface area contributed by atoms with Gasteiger partial charge in [0.15, 0.2) is 12.2 Å². The Bertz CT molecular complexity index is 1040. The maximum Gasteiger partial charge on any atom is 0.255 e. The SMILES string of the molecule is O=C(NCc1ccc(C2CSN=N2)cc1)[C@H](O)[C@@H](O)C(=O)N1CCCC1c1cccc(Cl)c1. The van der Waals surface area contributed by atoms with Crippen LogP contribution in [-0.4, -0.2) is 51.4 Å². The molecule has 2 aliphatic heterocycles. The van der Waals surface area contributed by atoms with E-state index in [2.05, 4.69) is 15.0 Å². The van der Waals surface area contributed by atoms with Gasteiger partial charge in [0, 0.05) is 23.9 Å². The van der Waals surface area contributed by atoms with Gasteiger partial charge >= 0.3 is 0 Å². The van der Waals surface area contributed by atoms with E-state index in [1.54, 1.807) is 18.2 Å². The molecule has 0 saturated carbocycles. The Morgan fingerprint density at radius 1 is 1.15 bits per heavy atom. The van der Waals surface area contributed by atoms with E-state index >= 15 is 0 Å². The van der Waals surface area contributed by atoms with E-state index in [1.807, 2.05) is 30.3 Å². The van der Waals surface area contributed by atoms with Crippen LogP contribution >= 0.6 is 23.5 Å². The molecule has 4 atom stereocenters. The summed E-state index contributed by atoms with van der Waals surface area (Å²) in [6.45, 7) is 0.597. The number of hydrogen-bond donors (Lipinski definition) is 3. The lowest BCUT2D eigenvalue weighted by molar-refractivity contribution is -0.153. The zero-order valence-corrected chi connectivity index (χ0v) is 19.4. The number of benzene rings is 2. The molecule has 10 heteroatoms. The Kier molecular flexibility index (Phi) is 7.64. The summed E-state index contributed by atoms with van der Waals surface area (Å²) in [6, 6.07) is 14.6. The van der Waals surface area contributed by atoms with Crippen molar-refractivity contribution in [1.29, 1.82) is 0 Å². The second-order valence-corrected chi connectivity index (χ2v) is 9.29. The molecule has 0 radical (unpaired) electrons. The summed E-state index contributed by atoms with van der Waals surface area (Å²) >= 11 is 7.50. The number of rotatable bonds is 7. The topological polar surface area (TPSA) is 115 Å². The van der Waals surface area contributed by atoms with Crippen molar-refractivity contribution in [2.75, 3.05) is 12.3 Å². The van der Waals surface area contributed by atoms with Crippen LogP contribution in [0.2, 0.25) is 5.02 Å². The normalized spacial score (nSPS) is 21.7. The first-order valence-corrected chi connectivity index (χ1v) is 12.1. The molecule has 2 aliphatic rings. The Labute approximate surface area is 201 Å². The Morgan fingerprint density at radius 2 is 1.94 bits per heavy atom. The van der Waals surface area contributed by atoms with Crippen molar-refractivity contribution in [3.63, 3.8) is 0 Å². The standard InChI is InChI=1S/C23H25ClN4O4S/c24-17-4-1-3-16(11-17)19-5-2-10-28(19)23(32)21(30)20(29)22(31)25-12-14-6-8-15(9-7-14)18-13-33-27-26-18/h1,3-4,6-9,11,18-21,29-30H,2,5,10,12-13H2,(H,25,31)/t18?,19?,20-,21-/m1/s1. The third-order valence-electron chi connectivity index (χ3n) is 5.90. The van der Waals surface area contributed by atoms with Gasteiger partial charge in [-0.15, -0.1) is 4.52 Å². The summed E-state index contributed by atoms with van der Waals surface area (Å²) in [5.41, 5.74) is 2.73. The molecule has 2 unspecified atom stereocenters. The number of carbonyl (C=O) groups excluding carboxylic acids is 2. The first kappa shape index (κ1) is 23.7. The molecule has 3 N–H and O–H groups in total. The van der Waals surface area contributed by atoms with Crippen molar-refractivity contribution in [3.05, 3.63) is 70.2 Å². The summed E-state index contributed by atoms with van der Waals surface area (Å²) in [6.07, 6.45) is -2.24. The lowest BCUT2D eigenvalue weighted by atomic mass is 10.0. The number of likely N-dealkylation sites (tertiary alicyclic amines) is 1. The van der Waals surface area contributed by atoms with Crippen LogP contribution < -0.4 is 5.32 Å². The van der Waals surface area contributed by atoms with Crippen molar-refractivity contribution >= 4 is 35.4 Å². The fourth-order valence-electron chi connectivity index (χ4n) is 4.08. The predicted octanol–water partition coefficient (Wildman–Crippen LogP) is 3.20. The minimum Gasteiger partial charge on any atom is -0.380 e. The Morgan fingerprint density at radius 3 is 2.64 bits per heavy atom. The van der Waals surface area contributed by atoms with E-state index in [1.165, 1.54) is 16.8 Å². The number of nitrogens with one attached hydrogen (secondary N) is 1. The van der Waals surface area contributed by atoms with E-state index in [-0.39, 0.29) is 18.6 Å². The van der Waals surface area contributed by atoms with Gasteiger partial charge in [0.05, 0.1) is 6.04 Å². The van der Waals surface area contributed by atoms with Crippen LogP contribution in [0.15, 0.2) is 58.2 Å². The maximum atomic E-state index is 12.9. The molecule has 0 aromatic heterocycles. The van der Waals surface area contributed by atoms with Crippen molar-refractivity contribution in [3.8, 4) is 0 Å². The van der Waals surface area contributed by atoms with E-state index in [0.717, 1.165) is 35.3 Å². The summed E-state index contributed by atoms with van der Waals surface area (Å²) in [5.74, 6) is -0.670. The van der Waals surface area contributed by atoms with Crippen molar-refractivity contribution in [2.24, 2.45) is 9.63 Å². The molecule has 0 bridgehead atoms. The largest absolute Gasteiger partial charge is 0.380 e. The van der Waals surface area contributed by atoms with Crippen molar-refractivity contribution < 1.29 is 19.8 Å². The molecule has 1 saturated heterocycles. The zero-order valence-electron chi connectivity index (χ0n) is 17.8. The fourth-order valence-corrected chi connectivity index (χ4v) is 4.93. The van der Waals surface area contributed by atoms with Gasteiger partial charge in [0.1, 0.15) is 6.04 Å². The predicted molar refractivity (Wildman–Crippen MR) is 125 cm³/mol. The van der Waals surface area contributed by atoms with Gasteiger partial charge in [0.2, 0.25) is 0 Å². The molecule has 8 nitrogen and oxygen atoms in total. The Balaban J connectivity index is 1.33. The van der Waals surface area contributed by atoms with E-state index in [0.29, 0.717) is 11.6 Å². The first-order valence-electron chi connectivity index (χ1n) is 10.7. The molecule has 174 valence electrons. The number of nitrogens with zero attached hydrogens (tertiary/aromatic N) is 3. The number of halogens is 1. The molecule has 2 heterocycles. The molecule has 2 aromatic carbocycles. The van der Waals surface area contributed by atoms with Crippen molar-refractivity contribution in [1.82, 2.24) is 10.2 Å². The zero-order chi connectivity index (χ0) is 23.4. The van der Waals surface area contributed by atoms with Gasteiger partial charge < -0.3 is 20.4 Å². The highest BCUT2D eigenvalue weighted by atomic mass is 35.5. The Hall–Kier alpha value is -2.46. The quantitative estimate of drug-likeness (QED) is 0.518. The van der Waals surface area contributed by atoms with Crippen LogP contribution in [0.3, 0.4) is 0 Å². The average molecular weight is 489 g/mol. The fraction of sp³-hybridized carbons (Fsp3) is 0.391. The van der Waals surface area contributed by atoms with E-state index in [9.17, 15) is 19.8 Å². The smallest absolute Gasteiger partial charge is 0.255 e. The molecular weight excluding hydrogens is 464 g/mol. The van der Waals surface area contributed by atoms with E-state index in [4.69, 9.17) is 11.6 Å². The average Bonchev–Trinajstić information content (AvgIpc) is 3.54. The highest BCUT2D eigenvalue weighted by Gasteiger charge is 2.38. The lowest BCUT2D eigenvalue weighted by Gasteiger charge is -2.28.